The molecule has 3 aromatic rings. The fourth-order valence-electron chi connectivity index (χ4n) is 2.79. The largest absolute Gasteiger partial charge is 0.351 e. The molecule has 30 heavy (non-hydrogen) atoms. The van der Waals surface area contributed by atoms with E-state index in [2.05, 4.69) is 20.5 Å². The lowest BCUT2D eigenvalue weighted by Crippen LogP contribution is -2.56. The van der Waals surface area contributed by atoms with Crippen molar-refractivity contribution < 1.29 is 19.5 Å². The minimum atomic E-state index is -1.95. The van der Waals surface area contributed by atoms with Crippen LogP contribution < -0.4 is 10.8 Å². The van der Waals surface area contributed by atoms with Gasteiger partial charge < -0.3 is 10.1 Å². The van der Waals surface area contributed by atoms with E-state index < -0.39 is 17.4 Å². The Labute approximate surface area is 173 Å². The van der Waals surface area contributed by atoms with Crippen LogP contribution in [-0.4, -0.2) is 37.8 Å². The van der Waals surface area contributed by atoms with Crippen molar-refractivity contribution in [3.8, 4) is 11.1 Å². The summed E-state index contributed by atoms with van der Waals surface area (Å²) in [7, 11) is 0. The number of aromatic amines is 1. The highest BCUT2D eigenvalue weighted by Crippen LogP contribution is 2.21. The predicted molar refractivity (Wildman–Crippen MR) is 108 cm³/mol. The third-order valence-electron chi connectivity index (χ3n) is 4.61. The Hall–Kier alpha value is -3.56. The van der Waals surface area contributed by atoms with Crippen LogP contribution in [0, 0.1) is 6.92 Å². The fourth-order valence-corrected chi connectivity index (χ4v) is 2.79. The van der Waals surface area contributed by atoms with Crippen molar-refractivity contribution >= 4 is 11.8 Å². The van der Waals surface area contributed by atoms with Crippen LogP contribution in [0.4, 0.5) is 0 Å². The zero-order valence-electron chi connectivity index (χ0n) is 16.7. The summed E-state index contributed by atoms with van der Waals surface area (Å²) < 4.78 is 5.64. The van der Waals surface area contributed by atoms with Gasteiger partial charge in [0.1, 0.15) is 5.82 Å². The van der Waals surface area contributed by atoms with Crippen molar-refractivity contribution in [2.75, 3.05) is 0 Å². The number of carbonyl (C=O) groups is 2. The molecule has 0 radical (unpaired) electrons. The summed E-state index contributed by atoms with van der Waals surface area (Å²) in [6, 6.07) is 17.5. The zero-order valence-corrected chi connectivity index (χ0v) is 16.7. The van der Waals surface area contributed by atoms with Crippen molar-refractivity contribution in [1.82, 2.24) is 26.0 Å². The van der Waals surface area contributed by atoms with Gasteiger partial charge in [0.2, 0.25) is 5.60 Å². The first-order valence-electron chi connectivity index (χ1n) is 9.31. The Morgan fingerprint density at radius 3 is 2.33 bits per heavy atom. The molecule has 0 aliphatic carbocycles. The number of aryl methyl sites for hydroxylation is 1. The minimum absolute atomic E-state index is 0.00655. The Bertz CT molecular complexity index is 1000. The molecule has 0 saturated carbocycles. The number of aromatic nitrogens is 3. The van der Waals surface area contributed by atoms with Gasteiger partial charge in [-0.2, -0.15) is 5.10 Å². The Morgan fingerprint density at radius 2 is 1.73 bits per heavy atom. The van der Waals surface area contributed by atoms with Crippen molar-refractivity contribution in [2.24, 2.45) is 0 Å². The second kappa shape index (κ2) is 9.29. The van der Waals surface area contributed by atoms with Crippen LogP contribution in [0.15, 0.2) is 54.6 Å². The lowest BCUT2D eigenvalue weighted by atomic mass is 10.0. The van der Waals surface area contributed by atoms with Crippen LogP contribution in [-0.2, 0) is 27.5 Å². The molecule has 0 aliphatic heterocycles. The molecule has 1 aromatic heterocycles. The van der Waals surface area contributed by atoms with Crippen molar-refractivity contribution in [2.45, 2.75) is 32.6 Å². The first kappa shape index (κ1) is 21.2. The molecule has 0 spiro atoms. The van der Waals surface area contributed by atoms with Gasteiger partial charge in [-0.25, -0.2) is 10.5 Å². The highest BCUT2D eigenvalue weighted by molar-refractivity contribution is 6.07. The topological polar surface area (TPSA) is 129 Å². The number of nitrogens with zero attached hydrogens (tertiary/aromatic N) is 2. The average Bonchev–Trinajstić information content (AvgIpc) is 3.21. The van der Waals surface area contributed by atoms with Gasteiger partial charge in [-0.1, -0.05) is 54.6 Å². The molecule has 156 valence electrons. The number of H-pyrrole nitrogens is 1. The predicted octanol–water partition coefficient (Wildman–Crippen LogP) is 1.88. The third-order valence-corrected chi connectivity index (χ3v) is 4.61. The zero-order chi connectivity index (χ0) is 21.6. The highest BCUT2D eigenvalue weighted by atomic mass is 16.5. The van der Waals surface area contributed by atoms with Crippen LogP contribution >= 0.6 is 0 Å². The molecule has 2 amide bonds. The Kier molecular flexibility index (Phi) is 6.55. The molecule has 9 nitrogen and oxygen atoms in total. The summed E-state index contributed by atoms with van der Waals surface area (Å²) in [4.78, 5) is 28.9. The molecule has 4 N–H and O–H groups in total. The van der Waals surface area contributed by atoms with Gasteiger partial charge in [0, 0.05) is 0 Å². The molecule has 1 unspecified atom stereocenters. The molecule has 1 heterocycles. The SMILES string of the molecule is Cc1nc(CNC(=O)C(C)(OCc2ccc(-c3ccccc3)cc2)C(=O)NO)n[nH]1. The lowest BCUT2D eigenvalue weighted by Gasteiger charge is -2.26. The number of amides is 2. The first-order valence-corrected chi connectivity index (χ1v) is 9.31. The second-order valence-corrected chi connectivity index (χ2v) is 6.85. The molecular formula is C21H23N5O4. The maximum absolute atomic E-state index is 12.6. The summed E-state index contributed by atoms with van der Waals surface area (Å²) in [5, 5.41) is 18.2. The Balaban J connectivity index is 1.66. The number of hydrogen-bond donors (Lipinski definition) is 4. The maximum Gasteiger partial charge on any atom is 0.285 e. The first-order chi connectivity index (χ1) is 14.4. The number of carbonyl (C=O) groups excluding carboxylic acids is 2. The van der Waals surface area contributed by atoms with Gasteiger partial charge in [0.15, 0.2) is 5.82 Å². The van der Waals surface area contributed by atoms with E-state index in [0.29, 0.717) is 11.6 Å². The van der Waals surface area contributed by atoms with Crippen molar-refractivity contribution in [3.63, 3.8) is 0 Å². The molecule has 0 bridgehead atoms. The van der Waals surface area contributed by atoms with Crippen LogP contribution in [0.1, 0.15) is 24.1 Å². The molecule has 3 rings (SSSR count). The van der Waals surface area contributed by atoms with Crippen LogP contribution in [0.3, 0.4) is 0 Å². The van der Waals surface area contributed by atoms with E-state index in [-0.39, 0.29) is 13.2 Å². The summed E-state index contributed by atoms with van der Waals surface area (Å²) in [5.74, 6) is -0.737. The van der Waals surface area contributed by atoms with E-state index in [1.54, 1.807) is 6.92 Å². The molecular weight excluding hydrogens is 386 g/mol. The van der Waals surface area contributed by atoms with E-state index in [1.807, 2.05) is 54.6 Å². The number of nitrogens with one attached hydrogen (secondary N) is 3. The summed E-state index contributed by atoms with van der Waals surface area (Å²) in [6.07, 6.45) is 0. The van der Waals surface area contributed by atoms with E-state index in [9.17, 15) is 9.59 Å². The molecule has 9 heteroatoms. The maximum atomic E-state index is 12.6. The van der Waals surface area contributed by atoms with Gasteiger partial charge >= 0.3 is 0 Å². The minimum Gasteiger partial charge on any atom is -0.351 e. The normalized spacial score (nSPS) is 12.8. The average molecular weight is 409 g/mol. The molecule has 2 aromatic carbocycles. The number of hydrogen-bond acceptors (Lipinski definition) is 6. The smallest absolute Gasteiger partial charge is 0.285 e. The fraction of sp³-hybridized carbons (Fsp3) is 0.238. The number of ether oxygens (including phenoxy) is 1. The van der Waals surface area contributed by atoms with Crippen LogP contribution in [0.2, 0.25) is 0 Å². The standard InChI is InChI=1S/C21H23N5O4/c1-14-23-18(25-24-14)12-22-19(27)21(2,20(28)26-29)30-13-15-8-10-17(11-9-15)16-6-4-3-5-7-16/h3-11,29H,12-13H2,1-2H3,(H,22,27)(H,26,28)(H,23,24,25). The van der Waals surface area contributed by atoms with Gasteiger partial charge in [-0.05, 0) is 30.5 Å². The van der Waals surface area contributed by atoms with Crippen molar-refractivity contribution in [1.29, 1.82) is 0 Å². The molecule has 0 aliphatic rings. The summed E-state index contributed by atoms with van der Waals surface area (Å²) in [5.41, 5.74) is 2.43. The summed E-state index contributed by atoms with van der Waals surface area (Å²) >= 11 is 0. The second-order valence-electron chi connectivity index (χ2n) is 6.85. The molecule has 1 atom stereocenters. The quantitative estimate of drug-likeness (QED) is 0.255. The van der Waals surface area contributed by atoms with Crippen molar-refractivity contribution in [3.05, 3.63) is 71.8 Å². The van der Waals surface area contributed by atoms with E-state index in [1.165, 1.54) is 12.4 Å². The number of hydroxylamine groups is 1. The van der Waals surface area contributed by atoms with Crippen LogP contribution in [0.25, 0.3) is 11.1 Å². The van der Waals surface area contributed by atoms with Gasteiger partial charge in [-0.15, -0.1) is 0 Å². The highest BCUT2D eigenvalue weighted by Gasteiger charge is 2.42. The summed E-state index contributed by atoms with van der Waals surface area (Å²) in [6.45, 7) is 3.02. The lowest BCUT2D eigenvalue weighted by molar-refractivity contribution is -0.166. The van der Waals surface area contributed by atoms with E-state index in [4.69, 9.17) is 9.94 Å². The van der Waals surface area contributed by atoms with E-state index in [0.717, 1.165) is 16.7 Å². The van der Waals surface area contributed by atoms with Gasteiger partial charge in [0.05, 0.1) is 13.2 Å². The third kappa shape index (κ3) is 4.88. The monoisotopic (exact) mass is 409 g/mol. The number of rotatable bonds is 8. The van der Waals surface area contributed by atoms with Crippen LogP contribution in [0.5, 0.6) is 0 Å². The number of benzene rings is 2. The Morgan fingerprint density at radius 1 is 1.07 bits per heavy atom. The molecule has 0 saturated heterocycles. The van der Waals surface area contributed by atoms with E-state index >= 15 is 0 Å². The molecule has 0 fully saturated rings. The van der Waals surface area contributed by atoms with Gasteiger partial charge in [-0.3, -0.25) is 19.9 Å². The van der Waals surface area contributed by atoms with Gasteiger partial charge in [0.25, 0.3) is 11.8 Å².